The van der Waals surface area contributed by atoms with Gasteiger partial charge in [-0.05, 0) is 24.3 Å². The molecular formula is C11H6Cl4N2O2S. The smallest absolute Gasteiger partial charge is 0.263 e. The molecule has 1 heterocycles. The van der Waals surface area contributed by atoms with Gasteiger partial charge in [0.25, 0.3) is 10.0 Å². The number of hydrogen-bond acceptors (Lipinski definition) is 3. The molecule has 1 aromatic heterocycles. The van der Waals surface area contributed by atoms with E-state index >= 15 is 0 Å². The van der Waals surface area contributed by atoms with Gasteiger partial charge in [0.05, 0.1) is 20.8 Å². The largest absolute Gasteiger partial charge is 0.278 e. The van der Waals surface area contributed by atoms with E-state index in [1.165, 1.54) is 24.3 Å². The molecule has 2 aromatic rings. The highest BCUT2D eigenvalue weighted by molar-refractivity contribution is 7.92. The van der Waals surface area contributed by atoms with Gasteiger partial charge < -0.3 is 0 Å². The van der Waals surface area contributed by atoms with Crippen molar-refractivity contribution < 1.29 is 8.42 Å². The number of benzene rings is 1. The van der Waals surface area contributed by atoms with Crippen molar-refractivity contribution in [2.45, 2.75) is 4.90 Å². The van der Waals surface area contributed by atoms with Gasteiger partial charge >= 0.3 is 0 Å². The number of pyridine rings is 1. The molecule has 9 heteroatoms. The van der Waals surface area contributed by atoms with Crippen molar-refractivity contribution in [2.24, 2.45) is 0 Å². The Hall–Kier alpha value is -0.720. The molecule has 0 atom stereocenters. The predicted molar refractivity (Wildman–Crippen MR) is 81.5 cm³/mol. The van der Waals surface area contributed by atoms with Crippen LogP contribution in [0.15, 0.2) is 35.4 Å². The Bertz CT molecular complexity index is 748. The summed E-state index contributed by atoms with van der Waals surface area (Å²) in [5.74, 6) is 0. The van der Waals surface area contributed by atoms with Crippen molar-refractivity contribution in [3.05, 3.63) is 50.7 Å². The standard InChI is InChI=1S/C11H6Cl4N2O2S/c12-7-3-9(14)10(4-8(7)13)17-20(18,19)6-1-2-11(15)16-5-6/h1-5,17H. The van der Waals surface area contributed by atoms with Gasteiger partial charge in [-0.25, -0.2) is 13.4 Å². The molecule has 20 heavy (non-hydrogen) atoms. The topological polar surface area (TPSA) is 59.1 Å². The summed E-state index contributed by atoms with van der Waals surface area (Å²) in [5.41, 5.74) is 0.121. The highest BCUT2D eigenvalue weighted by atomic mass is 35.5. The fraction of sp³-hybridized carbons (Fsp3) is 0. The second-order valence-electron chi connectivity index (χ2n) is 3.67. The second-order valence-corrected chi connectivity index (χ2v) is 6.96. The fourth-order valence-electron chi connectivity index (χ4n) is 1.33. The van der Waals surface area contributed by atoms with Crippen LogP contribution in [0.4, 0.5) is 5.69 Å². The van der Waals surface area contributed by atoms with Crippen LogP contribution in [0, 0.1) is 0 Å². The average molecular weight is 372 g/mol. The van der Waals surface area contributed by atoms with E-state index in [4.69, 9.17) is 46.4 Å². The summed E-state index contributed by atoms with van der Waals surface area (Å²) in [7, 11) is -3.84. The summed E-state index contributed by atoms with van der Waals surface area (Å²) in [6, 6.07) is 5.37. The molecule has 0 saturated carbocycles. The number of halogens is 4. The second kappa shape index (κ2) is 5.95. The SMILES string of the molecule is O=S(=O)(Nc1cc(Cl)c(Cl)cc1Cl)c1ccc(Cl)nc1. The van der Waals surface area contributed by atoms with Crippen LogP contribution in [0.3, 0.4) is 0 Å². The van der Waals surface area contributed by atoms with Gasteiger partial charge in [0, 0.05) is 6.20 Å². The zero-order valence-electron chi connectivity index (χ0n) is 9.57. The maximum absolute atomic E-state index is 12.1. The molecule has 106 valence electrons. The van der Waals surface area contributed by atoms with Gasteiger partial charge in [0.15, 0.2) is 0 Å². The summed E-state index contributed by atoms with van der Waals surface area (Å²) >= 11 is 23.1. The summed E-state index contributed by atoms with van der Waals surface area (Å²) in [6.45, 7) is 0. The summed E-state index contributed by atoms with van der Waals surface area (Å²) < 4.78 is 26.6. The minimum atomic E-state index is -3.84. The van der Waals surface area contributed by atoms with E-state index in [-0.39, 0.29) is 30.8 Å². The molecule has 1 N–H and O–H groups in total. The first-order valence-corrected chi connectivity index (χ1v) is 8.08. The lowest BCUT2D eigenvalue weighted by atomic mass is 10.3. The Balaban J connectivity index is 2.38. The molecule has 0 amide bonds. The molecule has 0 spiro atoms. The molecule has 2 rings (SSSR count). The van der Waals surface area contributed by atoms with Crippen molar-refractivity contribution >= 4 is 62.1 Å². The Labute approximate surface area is 135 Å². The first-order valence-electron chi connectivity index (χ1n) is 5.08. The number of rotatable bonds is 3. The van der Waals surface area contributed by atoms with Crippen LogP contribution in [0.25, 0.3) is 0 Å². The summed E-state index contributed by atoms with van der Waals surface area (Å²) in [5, 5.41) is 0.734. The van der Waals surface area contributed by atoms with Crippen LogP contribution in [0.2, 0.25) is 20.2 Å². The highest BCUT2D eigenvalue weighted by Crippen LogP contribution is 2.33. The van der Waals surface area contributed by atoms with Crippen LogP contribution in [-0.2, 0) is 10.0 Å². The Morgan fingerprint density at radius 1 is 0.950 bits per heavy atom. The lowest BCUT2D eigenvalue weighted by Gasteiger charge is -2.10. The van der Waals surface area contributed by atoms with Crippen LogP contribution in [-0.4, -0.2) is 13.4 Å². The normalized spacial score (nSPS) is 11.4. The lowest BCUT2D eigenvalue weighted by Crippen LogP contribution is -2.13. The first kappa shape index (κ1) is 15.7. The van der Waals surface area contributed by atoms with Crippen molar-refractivity contribution in [1.82, 2.24) is 4.98 Å². The number of anilines is 1. The van der Waals surface area contributed by atoms with Gasteiger partial charge in [0.1, 0.15) is 10.0 Å². The van der Waals surface area contributed by atoms with Crippen molar-refractivity contribution in [3.63, 3.8) is 0 Å². The van der Waals surface area contributed by atoms with Crippen LogP contribution in [0.1, 0.15) is 0 Å². The Morgan fingerprint density at radius 3 is 2.20 bits per heavy atom. The van der Waals surface area contributed by atoms with E-state index in [9.17, 15) is 8.42 Å². The fourth-order valence-corrected chi connectivity index (χ4v) is 3.10. The molecule has 0 bridgehead atoms. The number of hydrogen-bond donors (Lipinski definition) is 1. The van der Waals surface area contributed by atoms with Crippen molar-refractivity contribution in [1.29, 1.82) is 0 Å². The number of aromatic nitrogens is 1. The molecule has 0 fully saturated rings. The van der Waals surface area contributed by atoms with Gasteiger partial charge in [-0.3, -0.25) is 4.72 Å². The Kier molecular flexibility index (Phi) is 4.66. The third kappa shape index (κ3) is 3.48. The van der Waals surface area contributed by atoms with E-state index in [0.717, 1.165) is 6.20 Å². The zero-order valence-corrected chi connectivity index (χ0v) is 13.4. The molecule has 1 aromatic carbocycles. The molecule has 0 radical (unpaired) electrons. The molecule has 4 nitrogen and oxygen atoms in total. The quantitative estimate of drug-likeness (QED) is 0.638. The predicted octanol–water partition coefficient (Wildman–Crippen LogP) is 4.50. The average Bonchev–Trinajstić information content (AvgIpc) is 2.36. The third-order valence-electron chi connectivity index (χ3n) is 2.26. The first-order chi connectivity index (χ1) is 9.29. The molecule has 0 unspecified atom stereocenters. The van der Waals surface area contributed by atoms with Gasteiger partial charge in [-0.1, -0.05) is 46.4 Å². The molecular weight excluding hydrogens is 366 g/mol. The number of nitrogens with one attached hydrogen (secondary N) is 1. The van der Waals surface area contributed by atoms with Crippen molar-refractivity contribution in [2.75, 3.05) is 4.72 Å². The van der Waals surface area contributed by atoms with Crippen molar-refractivity contribution in [3.8, 4) is 0 Å². The lowest BCUT2D eigenvalue weighted by molar-refractivity contribution is 0.601. The van der Waals surface area contributed by atoms with Crippen LogP contribution in [0.5, 0.6) is 0 Å². The minimum absolute atomic E-state index is 0.0518. The number of nitrogens with zero attached hydrogens (tertiary/aromatic N) is 1. The molecule has 0 aliphatic heterocycles. The summed E-state index contributed by atoms with van der Waals surface area (Å²) in [6.07, 6.45) is 1.14. The molecule has 0 saturated heterocycles. The maximum Gasteiger partial charge on any atom is 0.263 e. The zero-order chi connectivity index (χ0) is 14.9. The van der Waals surface area contributed by atoms with E-state index in [0.29, 0.717) is 0 Å². The maximum atomic E-state index is 12.1. The van der Waals surface area contributed by atoms with Gasteiger partial charge in [-0.2, -0.15) is 0 Å². The van der Waals surface area contributed by atoms with E-state index in [1.807, 2.05) is 0 Å². The molecule has 0 aliphatic rings. The monoisotopic (exact) mass is 370 g/mol. The van der Waals surface area contributed by atoms with Gasteiger partial charge in [0.2, 0.25) is 0 Å². The van der Waals surface area contributed by atoms with E-state index in [2.05, 4.69) is 9.71 Å². The van der Waals surface area contributed by atoms with E-state index in [1.54, 1.807) is 0 Å². The number of sulfonamides is 1. The Morgan fingerprint density at radius 2 is 1.60 bits per heavy atom. The van der Waals surface area contributed by atoms with E-state index < -0.39 is 10.0 Å². The third-order valence-corrected chi connectivity index (χ3v) is 4.87. The minimum Gasteiger partial charge on any atom is -0.278 e. The highest BCUT2D eigenvalue weighted by Gasteiger charge is 2.17. The summed E-state index contributed by atoms with van der Waals surface area (Å²) in [4.78, 5) is 3.66. The van der Waals surface area contributed by atoms with Crippen LogP contribution >= 0.6 is 46.4 Å². The van der Waals surface area contributed by atoms with Gasteiger partial charge in [-0.15, -0.1) is 0 Å². The van der Waals surface area contributed by atoms with Crippen LogP contribution < -0.4 is 4.72 Å². The molecule has 0 aliphatic carbocycles.